The molecule has 2 fully saturated rings. The van der Waals surface area contributed by atoms with Gasteiger partial charge in [0, 0.05) is 58.8 Å². The van der Waals surface area contributed by atoms with Crippen LogP contribution in [0.15, 0.2) is 23.2 Å². The van der Waals surface area contributed by atoms with Gasteiger partial charge in [0.1, 0.15) is 6.54 Å². The molecule has 2 aliphatic rings. The maximum atomic E-state index is 14.0. The molecule has 2 aliphatic heterocycles. The number of likely N-dealkylation sites (tertiary alicyclic amines) is 1. The Kier molecular flexibility index (Phi) is 9.11. The third-order valence-corrected chi connectivity index (χ3v) is 6.00. The molecule has 178 valence electrons. The number of rotatable bonds is 8. The van der Waals surface area contributed by atoms with Crippen molar-refractivity contribution in [1.29, 1.82) is 0 Å². The van der Waals surface area contributed by atoms with Crippen LogP contribution >= 0.6 is 0 Å². The van der Waals surface area contributed by atoms with Crippen LogP contribution in [-0.2, 0) is 16.1 Å². The number of ether oxygens (including phenoxy) is 2. The third-order valence-electron chi connectivity index (χ3n) is 6.00. The lowest BCUT2D eigenvalue weighted by molar-refractivity contribution is -0.127. The first-order valence-corrected chi connectivity index (χ1v) is 11.3. The molecule has 0 aromatic heterocycles. The monoisotopic (exact) mass is 449 g/mol. The number of carbonyl (C=O) groups is 1. The second-order valence-corrected chi connectivity index (χ2v) is 8.73. The van der Waals surface area contributed by atoms with Gasteiger partial charge in [0.05, 0.1) is 13.7 Å². The molecule has 2 heterocycles. The summed E-state index contributed by atoms with van der Waals surface area (Å²) < 4.78 is 24.4. The number of guanidine groups is 1. The number of likely N-dealkylation sites (N-methyl/N-ethyl adjacent to an activating group) is 1. The number of carbonyl (C=O) groups excluding carboxylic acids is 1. The Hall–Kier alpha value is -2.39. The molecule has 3 rings (SSSR count). The van der Waals surface area contributed by atoms with Gasteiger partial charge in [-0.05, 0) is 37.0 Å². The smallest absolute Gasteiger partial charge is 0.243 e. The molecular formula is C23H36FN5O3. The summed E-state index contributed by atoms with van der Waals surface area (Å²) in [6.07, 6.45) is 2.95. The molecule has 1 aromatic rings. The van der Waals surface area contributed by atoms with Gasteiger partial charge in [-0.1, -0.05) is 6.07 Å². The van der Waals surface area contributed by atoms with E-state index in [0.29, 0.717) is 18.4 Å². The van der Waals surface area contributed by atoms with Gasteiger partial charge >= 0.3 is 0 Å². The lowest BCUT2D eigenvalue weighted by Gasteiger charge is -2.33. The van der Waals surface area contributed by atoms with E-state index in [1.54, 1.807) is 31.1 Å². The van der Waals surface area contributed by atoms with E-state index in [2.05, 4.69) is 20.5 Å². The Morgan fingerprint density at radius 1 is 1.31 bits per heavy atom. The van der Waals surface area contributed by atoms with E-state index in [1.165, 1.54) is 7.11 Å². The normalized spacial score (nSPS) is 20.2. The Morgan fingerprint density at radius 3 is 2.72 bits per heavy atom. The molecule has 1 unspecified atom stereocenters. The van der Waals surface area contributed by atoms with Crippen molar-refractivity contribution in [3.8, 4) is 5.75 Å². The number of aliphatic imine (C=N–C) groups is 1. The summed E-state index contributed by atoms with van der Waals surface area (Å²) in [6, 6.07) is 5.42. The highest BCUT2D eigenvalue weighted by molar-refractivity contribution is 5.84. The van der Waals surface area contributed by atoms with Crippen LogP contribution in [0.5, 0.6) is 5.75 Å². The molecular weight excluding hydrogens is 413 g/mol. The summed E-state index contributed by atoms with van der Waals surface area (Å²) in [7, 11) is 4.94. The van der Waals surface area contributed by atoms with E-state index < -0.39 is 0 Å². The van der Waals surface area contributed by atoms with Gasteiger partial charge in [0.15, 0.2) is 17.5 Å². The predicted molar refractivity (Wildman–Crippen MR) is 122 cm³/mol. The fourth-order valence-corrected chi connectivity index (χ4v) is 3.92. The molecule has 2 saturated heterocycles. The number of hydrogen-bond acceptors (Lipinski definition) is 5. The number of methoxy groups -OCH3 is 1. The van der Waals surface area contributed by atoms with E-state index in [4.69, 9.17) is 9.47 Å². The summed E-state index contributed by atoms with van der Waals surface area (Å²) in [5, 5.41) is 6.90. The van der Waals surface area contributed by atoms with Crippen molar-refractivity contribution >= 4 is 11.9 Å². The van der Waals surface area contributed by atoms with E-state index in [9.17, 15) is 9.18 Å². The van der Waals surface area contributed by atoms with Crippen LogP contribution in [-0.4, -0.2) is 88.3 Å². The third kappa shape index (κ3) is 7.34. The van der Waals surface area contributed by atoms with Crippen LogP contribution in [0, 0.1) is 11.7 Å². The van der Waals surface area contributed by atoms with Crippen LogP contribution in [0.2, 0.25) is 0 Å². The summed E-state index contributed by atoms with van der Waals surface area (Å²) in [5.41, 5.74) is 0.944. The first-order valence-electron chi connectivity index (χ1n) is 11.3. The van der Waals surface area contributed by atoms with Crippen molar-refractivity contribution < 1.29 is 18.7 Å². The molecule has 1 atom stereocenters. The number of piperidine rings is 1. The molecule has 0 spiro atoms. The first kappa shape index (κ1) is 24.3. The Morgan fingerprint density at radius 2 is 2.09 bits per heavy atom. The molecule has 0 aliphatic carbocycles. The van der Waals surface area contributed by atoms with Crippen molar-refractivity contribution in [2.45, 2.75) is 31.8 Å². The topological polar surface area (TPSA) is 78.4 Å². The summed E-state index contributed by atoms with van der Waals surface area (Å²) >= 11 is 0. The second-order valence-electron chi connectivity index (χ2n) is 8.73. The van der Waals surface area contributed by atoms with Crippen LogP contribution in [0.3, 0.4) is 0 Å². The number of nitrogens with one attached hydrogen (secondary N) is 2. The van der Waals surface area contributed by atoms with Crippen molar-refractivity contribution in [3.63, 3.8) is 0 Å². The summed E-state index contributed by atoms with van der Waals surface area (Å²) in [6.45, 7) is 5.00. The molecule has 0 bridgehead atoms. The number of benzene rings is 1. The highest BCUT2D eigenvalue weighted by Crippen LogP contribution is 2.20. The van der Waals surface area contributed by atoms with Gasteiger partial charge in [0.2, 0.25) is 5.91 Å². The molecule has 0 radical (unpaired) electrons. The van der Waals surface area contributed by atoms with Crippen LogP contribution in [0.4, 0.5) is 4.39 Å². The van der Waals surface area contributed by atoms with Crippen molar-refractivity contribution in [1.82, 2.24) is 20.4 Å². The maximum Gasteiger partial charge on any atom is 0.243 e. The van der Waals surface area contributed by atoms with Crippen molar-refractivity contribution in [2.75, 3.05) is 60.6 Å². The number of amides is 1. The minimum absolute atomic E-state index is 0.0307. The van der Waals surface area contributed by atoms with Gasteiger partial charge < -0.3 is 25.0 Å². The Balaban J connectivity index is 1.50. The molecule has 8 nitrogen and oxygen atoms in total. The lowest BCUT2D eigenvalue weighted by atomic mass is 10.0. The quantitative estimate of drug-likeness (QED) is 0.462. The minimum atomic E-state index is -0.326. The van der Waals surface area contributed by atoms with Crippen molar-refractivity contribution in [3.05, 3.63) is 29.6 Å². The van der Waals surface area contributed by atoms with E-state index >= 15 is 0 Å². The van der Waals surface area contributed by atoms with Crippen LogP contribution in [0.1, 0.15) is 24.8 Å². The van der Waals surface area contributed by atoms with Gasteiger partial charge in [-0.2, -0.15) is 0 Å². The number of nitrogens with zero attached hydrogens (tertiary/aromatic N) is 3. The highest BCUT2D eigenvalue weighted by atomic mass is 19.1. The van der Waals surface area contributed by atoms with Crippen LogP contribution in [0.25, 0.3) is 0 Å². The summed E-state index contributed by atoms with van der Waals surface area (Å²) in [5.74, 6) is 1.07. The number of hydrogen-bond donors (Lipinski definition) is 2. The van der Waals surface area contributed by atoms with Gasteiger partial charge in [-0.3, -0.25) is 9.69 Å². The van der Waals surface area contributed by atoms with Crippen LogP contribution < -0.4 is 15.4 Å². The van der Waals surface area contributed by atoms with Gasteiger partial charge in [-0.25, -0.2) is 9.38 Å². The molecule has 0 saturated carbocycles. The number of halogens is 1. The van der Waals surface area contributed by atoms with Crippen molar-refractivity contribution in [2.24, 2.45) is 10.9 Å². The zero-order valence-corrected chi connectivity index (χ0v) is 19.4. The Labute approximate surface area is 190 Å². The average Bonchev–Trinajstić information content (AvgIpc) is 3.30. The average molecular weight is 450 g/mol. The maximum absolute atomic E-state index is 14.0. The summed E-state index contributed by atoms with van der Waals surface area (Å²) in [4.78, 5) is 20.4. The molecule has 9 heteroatoms. The minimum Gasteiger partial charge on any atom is -0.494 e. The fourth-order valence-electron chi connectivity index (χ4n) is 3.92. The molecule has 2 N–H and O–H groups in total. The fraction of sp³-hybridized carbons (Fsp3) is 0.652. The molecule has 1 aromatic carbocycles. The van der Waals surface area contributed by atoms with E-state index in [0.717, 1.165) is 57.7 Å². The lowest BCUT2D eigenvalue weighted by Crippen LogP contribution is -2.49. The second kappa shape index (κ2) is 12.0. The van der Waals surface area contributed by atoms with Gasteiger partial charge in [0.25, 0.3) is 0 Å². The Bertz CT molecular complexity index is 775. The zero-order chi connectivity index (χ0) is 22.9. The predicted octanol–water partition coefficient (Wildman–Crippen LogP) is 1.46. The molecule has 32 heavy (non-hydrogen) atoms. The van der Waals surface area contributed by atoms with E-state index in [-0.39, 0.29) is 30.1 Å². The zero-order valence-electron chi connectivity index (χ0n) is 19.4. The highest BCUT2D eigenvalue weighted by Gasteiger charge is 2.22. The van der Waals surface area contributed by atoms with Gasteiger partial charge in [-0.15, -0.1) is 0 Å². The van der Waals surface area contributed by atoms with E-state index in [1.807, 2.05) is 6.07 Å². The largest absolute Gasteiger partial charge is 0.494 e. The first-order chi connectivity index (χ1) is 15.4. The SMILES string of the molecule is COc1ccc(CN2CCC(NC(=NCC(=O)N(C)C)NCC3CCOC3)CC2)cc1F. The molecule has 1 amide bonds. The standard InChI is InChI=1S/C23H36FN5O3/c1-28(2)22(30)14-26-23(25-13-18-8-11-32-16-18)27-19-6-9-29(10-7-19)15-17-4-5-21(31-3)20(24)12-17/h4-5,12,18-19H,6-11,13-16H2,1-3H3,(H2,25,26,27).